The quantitative estimate of drug-likeness (QED) is 0.716. The Bertz CT molecular complexity index is 854. The Kier molecular flexibility index (Phi) is 3.10. The van der Waals surface area contributed by atoms with E-state index in [2.05, 4.69) is 11.1 Å². The van der Waals surface area contributed by atoms with Crippen LogP contribution in [0.3, 0.4) is 0 Å². The van der Waals surface area contributed by atoms with Crippen LogP contribution in [0.15, 0.2) is 72.9 Å². The van der Waals surface area contributed by atoms with Gasteiger partial charge in [-0.3, -0.25) is 4.98 Å². The number of nitriles is 1. The predicted octanol–water partition coefficient (Wildman–Crippen LogP) is 4.21. The number of rotatable bonds is 3. The molecule has 0 fully saturated rings. The smallest absolute Gasteiger partial charge is 0.0994 e. The minimum absolute atomic E-state index is 0.332. The van der Waals surface area contributed by atoms with E-state index in [4.69, 9.17) is 2.74 Å². The first-order valence-electron chi connectivity index (χ1n) is 7.64. The molecule has 2 aromatic carbocycles. The molecular weight excluding hydrogens is 256 g/mol. The van der Waals surface area contributed by atoms with E-state index < -0.39 is 6.37 Å². The molecule has 21 heavy (non-hydrogen) atoms. The highest BCUT2D eigenvalue weighted by molar-refractivity contribution is 5.62. The van der Waals surface area contributed by atoms with Crippen molar-refractivity contribution >= 4 is 0 Å². The van der Waals surface area contributed by atoms with Gasteiger partial charge in [-0.25, -0.2) is 0 Å². The minimum Gasteiger partial charge on any atom is -0.256 e. The van der Waals surface area contributed by atoms with Gasteiger partial charge in [0.2, 0.25) is 0 Å². The second-order valence-corrected chi connectivity index (χ2v) is 4.58. The van der Waals surface area contributed by atoms with Crippen LogP contribution in [0, 0.1) is 11.3 Å². The molecule has 0 amide bonds. The van der Waals surface area contributed by atoms with Crippen molar-refractivity contribution in [2.24, 2.45) is 0 Å². The van der Waals surface area contributed by atoms with Gasteiger partial charge < -0.3 is 0 Å². The fourth-order valence-corrected chi connectivity index (χ4v) is 2.11. The zero-order chi connectivity index (χ0) is 16.3. The number of benzene rings is 2. The highest BCUT2D eigenvalue weighted by Gasteiger charge is 2.06. The highest BCUT2D eigenvalue weighted by Crippen LogP contribution is 2.22. The fraction of sp³-hybridized carbons (Fsp3) is 0.0526. The van der Waals surface area contributed by atoms with Crippen molar-refractivity contribution in [3.8, 4) is 17.3 Å². The van der Waals surface area contributed by atoms with Gasteiger partial charge in [0.1, 0.15) is 0 Å². The van der Waals surface area contributed by atoms with Gasteiger partial charge in [-0.1, -0.05) is 42.5 Å². The van der Waals surface area contributed by atoms with Gasteiger partial charge in [-0.05, 0) is 41.8 Å². The Hall–Kier alpha value is -2.92. The maximum atomic E-state index is 9.36. The largest absolute Gasteiger partial charge is 0.256 e. The first kappa shape index (κ1) is 10.8. The third-order valence-corrected chi connectivity index (χ3v) is 3.15. The summed E-state index contributed by atoms with van der Waals surface area (Å²) in [4.78, 5) is 4.30. The second-order valence-electron chi connectivity index (χ2n) is 4.58. The third-order valence-electron chi connectivity index (χ3n) is 3.15. The average molecular weight is 272 g/mol. The summed E-state index contributed by atoms with van der Waals surface area (Å²) in [6, 6.07) is 21.7. The van der Waals surface area contributed by atoms with Gasteiger partial charge >= 0.3 is 0 Å². The molecule has 0 saturated carbocycles. The van der Waals surface area contributed by atoms with Gasteiger partial charge in [0, 0.05) is 14.5 Å². The maximum absolute atomic E-state index is 9.36. The van der Waals surface area contributed by atoms with E-state index in [1.54, 1.807) is 48.7 Å². The molecular formula is C19H14N2. The van der Waals surface area contributed by atoms with E-state index in [0.29, 0.717) is 16.7 Å². The monoisotopic (exact) mass is 272 g/mol. The zero-order valence-corrected chi connectivity index (χ0v) is 11.3. The van der Waals surface area contributed by atoms with Crippen LogP contribution in [0.1, 0.15) is 19.4 Å². The van der Waals surface area contributed by atoms with Crippen molar-refractivity contribution in [3.63, 3.8) is 0 Å². The normalized spacial score (nSPS) is 12.1. The molecule has 2 heteroatoms. The maximum Gasteiger partial charge on any atom is 0.0994 e. The standard InChI is InChI=1S/C19H14N2/c20-14-17-10-9-16(19-8-4-5-11-21-19)13-18(17)12-15-6-2-1-3-7-15/h1-11,13H,12H2/i12D2. The molecule has 0 atom stereocenters. The van der Waals surface area contributed by atoms with Crippen molar-refractivity contribution in [3.05, 3.63) is 89.6 Å². The molecule has 0 aliphatic heterocycles. The topological polar surface area (TPSA) is 36.7 Å². The molecule has 0 spiro atoms. The van der Waals surface area contributed by atoms with Gasteiger partial charge in [0.15, 0.2) is 0 Å². The Morgan fingerprint density at radius 3 is 2.52 bits per heavy atom. The van der Waals surface area contributed by atoms with E-state index in [1.165, 1.54) is 0 Å². The van der Waals surface area contributed by atoms with Crippen LogP contribution in [-0.4, -0.2) is 4.98 Å². The number of pyridine rings is 1. The molecule has 0 aliphatic rings. The lowest BCUT2D eigenvalue weighted by atomic mass is 9.97. The highest BCUT2D eigenvalue weighted by atomic mass is 14.7. The molecule has 0 N–H and O–H groups in total. The van der Waals surface area contributed by atoms with Crippen molar-refractivity contribution in [1.82, 2.24) is 4.98 Å². The van der Waals surface area contributed by atoms with Crippen molar-refractivity contribution in [1.29, 1.82) is 5.26 Å². The van der Waals surface area contributed by atoms with E-state index in [1.807, 2.05) is 24.3 Å². The van der Waals surface area contributed by atoms with Crippen LogP contribution in [0.5, 0.6) is 0 Å². The van der Waals surface area contributed by atoms with Crippen molar-refractivity contribution in [2.75, 3.05) is 0 Å². The summed E-state index contributed by atoms with van der Waals surface area (Å²) in [6.45, 7) is 0. The first-order chi connectivity index (χ1) is 11.1. The Morgan fingerprint density at radius 1 is 1.00 bits per heavy atom. The third kappa shape index (κ3) is 2.98. The summed E-state index contributed by atoms with van der Waals surface area (Å²) in [5.74, 6) is 0. The Labute approximate surface area is 127 Å². The molecule has 0 radical (unpaired) electrons. The molecule has 0 aliphatic carbocycles. The van der Waals surface area contributed by atoms with Crippen LogP contribution < -0.4 is 0 Å². The lowest BCUT2D eigenvalue weighted by Crippen LogP contribution is -1.94. The fourth-order valence-electron chi connectivity index (χ4n) is 2.11. The molecule has 0 saturated heterocycles. The van der Waals surface area contributed by atoms with Crippen LogP contribution in [-0.2, 0) is 6.37 Å². The predicted molar refractivity (Wildman–Crippen MR) is 83.6 cm³/mol. The minimum atomic E-state index is -1.75. The van der Waals surface area contributed by atoms with Crippen LogP contribution in [0.2, 0.25) is 0 Å². The Morgan fingerprint density at radius 2 is 1.81 bits per heavy atom. The van der Waals surface area contributed by atoms with Crippen molar-refractivity contribution < 1.29 is 2.74 Å². The SMILES string of the molecule is [2H]C([2H])(c1ccccc1)c1cc(-c2ccccn2)ccc1C#N. The second kappa shape index (κ2) is 6.02. The molecule has 3 rings (SSSR count). The first-order valence-corrected chi connectivity index (χ1v) is 6.64. The molecule has 0 bridgehead atoms. The van der Waals surface area contributed by atoms with Crippen molar-refractivity contribution in [2.45, 2.75) is 6.37 Å². The number of aromatic nitrogens is 1. The average Bonchev–Trinajstić information content (AvgIpc) is 2.62. The molecule has 1 aromatic heterocycles. The number of nitrogens with zero attached hydrogens (tertiary/aromatic N) is 2. The van der Waals surface area contributed by atoms with Gasteiger partial charge in [-0.2, -0.15) is 5.26 Å². The summed E-state index contributed by atoms with van der Waals surface area (Å²) in [7, 11) is 0. The van der Waals surface area contributed by atoms with Gasteiger partial charge in [0.25, 0.3) is 0 Å². The lowest BCUT2D eigenvalue weighted by molar-refractivity contribution is 1.17. The van der Waals surface area contributed by atoms with E-state index in [-0.39, 0.29) is 0 Å². The van der Waals surface area contributed by atoms with E-state index in [9.17, 15) is 5.26 Å². The molecule has 1 heterocycles. The van der Waals surface area contributed by atoms with Crippen LogP contribution in [0.25, 0.3) is 11.3 Å². The summed E-state index contributed by atoms with van der Waals surface area (Å²) < 4.78 is 17.0. The summed E-state index contributed by atoms with van der Waals surface area (Å²) in [6.07, 6.45) is -0.0594. The van der Waals surface area contributed by atoms with Crippen LogP contribution >= 0.6 is 0 Å². The van der Waals surface area contributed by atoms with Crippen LogP contribution in [0.4, 0.5) is 0 Å². The molecule has 3 aromatic rings. The molecule has 2 nitrogen and oxygen atoms in total. The number of hydrogen-bond acceptors (Lipinski definition) is 2. The summed E-state index contributed by atoms with van der Waals surface area (Å²) >= 11 is 0. The van der Waals surface area contributed by atoms with Gasteiger partial charge in [0.05, 0.1) is 17.3 Å². The zero-order valence-electron chi connectivity index (χ0n) is 13.3. The Balaban J connectivity index is 2.16. The van der Waals surface area contributed by atoms with E-state index >= 15 is 0 Å². The summed E-state index contributed by atoms with van der Waals surface area (Å²) in [5.41, 5.74) is 2.75. The molecule has 0 unspecified atom stereocenters. The van der Waals surface area contributed by atoms with E-state index in [0.717, 1.165) is 11.3 Å². The molecule has 100 valence electrons. The van der Waals surface area contributed by atoms with Gasteiger partial charge in [-0.15, -0.1) is 0 Å². The lowest BCUT2D eigenvalue weighted by Gasteiger charge is -2.07. The number of hydrogen-bond donors (Lipinski definition) is 0. The summed E-state index contributed by atoms with van der Waals surface area (Å²) in [5, 5.41) is 9.36.